The van der Waals surface area contributed by atoms with E-state index in [0.29, 0.717) is 13.0 Å². The molecule has 17 heavy (non-hydrogen) atoms. The quantitative estimate of drug-likeness (QED) is 0.882. The van der Waals surface area contributed by atoms with Crippen LogP contribution in [0.15, 0.2) is 24.5 Å². The molecule has 0 aliphatic rings. The van der Waals surface area contributed by atoms with Crippen LogP contribution in [0.4, 0.5) is 4.39 Å². The van der Waals surface area contributed by atoms with Crippen LogP contribution in [0.3, 0.4) is 0 Å². The lowest BCUT2D eigenvalue weighted by Gasteiger charge is -2.08. The van der Waals surface area contributed by atoms with E-state index in [0.717, 1.165) is 22.6 Å². The minimum Gasteiger partial charge on any atom is -0.330 e. The summed E-state index contributed by atoms with van der Waals surface area (Å²) >= 11 is 0. The Labute approximate surface area is 100 Å². The SMILES string of the molecule is Cc1ncn(-c2cc(F)cc(CCN)c2)c1C. The summed E-state index contributed by atoms with van der Waals surface area (Å²) in [5, 5.41) is 0. The summed E-state index contributed by atoms with van der Waals surface area (Å²) in [6.07, 6.45) is 2.39. The zero-order valence-electron chi connectivity index (χ0n) is 10.1. The summed E-state index contributed by atoms with van der Waals surface area (Å²) in [5.74, 6) is -0.239. The molecule has 0 saturated carbocycles. The van der Waals surface area contributed by atoms with Gasteiger partial charge in [-0.05, 0) is 50.6 Å². The smallest absolute Gasteiger partial charge is 0.125 e. The second-order valence-corrected chi connectivity index (χ2v) is 4.14. The predicted octanol–water partition coefficient (Wildman–Crippen LogP) is 2.13. The van der Waals surface area contributed by atoms with Gasteiger partial charge in [-0.2, -0.15) is 0 Å². The van der Waals surface area contributed by atoms with Crippen molar-refractivity contribution < 1.29 is 4.39 Å². The molecule has 0 spiro atoms. The lowest BCUT2D eigenvalue weighted by molar-refractivity contribution is 0.624. The molecule has 0 fully saturated rings. The second kappa shape index (κ2) is 4.67. The number of rotatable bonds is 3. The summed E-state index contributed by atoms with van der Waals surface area (Å²) in [6.45, 7) is 4.42. The molecule has 90 valence electrons. The summed E-state index contributed by atoms with van der Waals surface area (Å²) in [4.78, 5) is 4.21. The highest BCUT2D eigenvalue weighted by Crippen LogP contribution is 2.17. The summed E-state index contributed by atoms with van der Waals surface area (Å²) < 4.78 is 15.4. The van der Waals surface area contributed by atoms with Crippen LogP contribution in [0, 0.1) is 19.7 Å². The van der Waals surface area contributed by atoms with Crippen LogP contribution in [0.2, 0.25) is 0 Å². The Morgan fingerprint density at radius 2 is 2.06 bits per heavy atom. The van der Waals surface area contributed by atoms with Gasteiger partial charge in [-0.3, -0.25) is 0 Å². The number of nitrogens with two attached hydrogens (primary N) is 1. The third-order valence-corrected chi connectivity index (χ3v) is 2.91. The number of hydrogen-bond acceptors (Lipinski definition) is 2. The largest absolute Gasteiger partial charge is 0.330 e. The van der Waals surface area contributed by atoms with Gasteiger partial charge in [0.1, 0.15) is 5.82 Å². The number of imidazole rings is 1. The molecule has 3 nitrogen and oxygen atoms in total. The summed E-state index contributed by atoms with van der Waals surface area (Å²) in [5.41, 5.74) is 9.18. The van der Waals surface area contributed by atoms with Crippen molar-refractivity contribution in [3.05, 3.63) is 47.3 Å². The van der Waals surface area contributed by atoms with E-state index in [9.17, 15) is 4.39 Å². The Morgan fingerprint density at radius 3 is 2.65 bits per heavy atom. The molecule has 1 heterocycles. The lowest BCUT2D eigenvalue weighted by Crippen LogP contribution is -2.04. The minimum atomic E-state index is -0.239. The van der Waals surface area contributed by atoms with Gasteiger partial charge in [0, 0.05) is 11.4 Å². The van der Waals surface area contributed by atoms with Crippen LogP contribution in [0.5, 0.6) is 0 Å². The Hall–Kier alpha value is -1.68. The first-order chi connectivity index (χ1) is 8.11. The fourth-order valence-corrected chi connectivity index (χ4v) is 1.84. The van der Waals surface area contributed by atoms with Gasteiger partial charge < -0.3 is 10.3 Å². The van der Waals surface area contributed by atoms with Crippen molar-refractivity contribution in [2.45, 2.75) is 20.3 Å². The molecule has 0 unspecified atom stereocenters. The topological polar surface area (TPSA) is 43.8 Å². The minimum absolute atomic E-state index is 0.239. The standard InChI is InChI=1S/C13H16FN3/c1-9-10(2)17(8-16-9)13-6-11(3-4-15)5-12(14)7-13/h5-8H,3-4,15H2,1-2H3. The summed E-state index contributed by atoms with van der Waals surface area (Å²) in [6, 6.07) is 4.98. The first-order valence-electron chi connectivity index (χ1n) is 5.62. The number of aryl methyl sites for hydroxylation is 1. The molecule has 2 N–H and O–H groups in total. The van der Waals surface area contributed by atoms with Crippen LogP contribution in [0.25, 0.3) is 5.69 Å². The van der Waals surface area contributed by atoms with Crippen LogP contribution >= 0.6 is 0 Å². The second-order valence-electron chi connectivity index (χ2n) is 4.14. The van der Waals surface area contributed by atoms with E-state index >= 15 is 0 Å². The fraction of sp³-hybridized carbons (Fsp3) is 0.308. The molecule has 0 bridgehead atoms. The third kappa shape index (κ3) is 2.36. The van der Waals surface area contributed by atoms with Gasteiger partial charge in [-0.1, -0.05) is 0 Å². The molecule has 0 amide bonds. The summed E-state index contributed by atoms with van der Waals surface area (Å²) in [7, 11) is 0. The average Bonchev–Trinajstić information content (AvgIpc) is 2.59. The maximum absolute atomic E-state index is 13.5. The van der Waals surface area contributed by atoms with E-state index < -0.39 is 0 Å². The fourth-order valence-electron chi connectivity index (χ4n) is 1.84. The van der Waals surface area contributed by atoms with Gasteiger partial charge in [0.15, 0.2) is 0 Å². The van der Waals surface area contributed by atoms with E-state index in [1.807, 2.05) is 24.5 Å². The molecule has 0 atom stereocenters. The van der Waals surface area contributed by atoms with Gasteiger partial charge in [0.05, 0.1) is 12.0 Å². The Balaban J connectivity index is 2.48. The number of hydrogen-bond donors (Lipinski definition) is 1. The first kappa shape index (κ1) is 11.8. The molecule has 0 aliphatic heterocycles. The van der Waals surface area contributed by atoms with Crippen molar-refractivity contribution >= 4 is 0 Å². The van der Waals surface area contributed by atoms with Crippen molar-refractivity contribution in [1.29, 1.82) is 0 Å². The van der Waals surface area contributed by atoms with Gasteiger partial charge in [-0.15, -0.1) is 0 Å². The van der Waals surface area contributed by atoms with Crippen LogP contribution in [0.1, 0.15) is 17.0 Å². The van der Waals surface area contributed by atoms with Gasteiger partial charge in [0.2, 0.25) is 0 Å². The van der Waals surface area contributed by atoms with Crippen molar-refractivity contribution in [1.82, 2.24) is 9.55 Å². The molecule has 2 rings (SSSR count). The highest BCUT2D eigenvalue weighted by atomic mass is 19.1. The molecule has 1 aromatic carbocycles. The van der Waals surface area contributed by atoms with Crippen molar-refractivity contribution in [2.75, 3.05) is 6.54 Å². The predicted molar refractivity (Wildman–Crippen MR) is 65.8 cm³/mol. The maximum Gasteiger partial charge on any atom is 0.125 e. The molecule has 1 aromatic heterocycles. The number of halogens is 1. The Kier molecular flexibility index (Phi) is 3.24. The van der Waals surface area contributed by atoms with Crippen LogP contribution in [-0.4, -0.2) is 16.1 Å². The van der Waals surface area contributed by atoms with Crippen molar-refractivity contribution in [3.8, 4) is 5.69 Å². The van der Waals surface area contributed by atoms with Gasteiger partial charge in [-0.25, -0.2) is 9.37 Å². The molecule has 4 heteroatoms. The lowest BCUT2D eigenvalue weighted by atomic mass is 10.1. The Bertz CT molecular complexity index is 531. The van der Waals surface area contributed by atoms with Crippen molar-refractivity contribution in [2.24, 2.45) is 5.73 Å². The number of aromatic nitrogens is 2. The normalized spacial score (nSPS) is 10.8. The molecule has 0 aliphatic carbocycles. The zero-order valence-corrected chi connectivity index (χ0v) is 10.1. The molecule has 0 radical (unpaired) electrons. The van der Waals surface area contributed by atoms with Crippen LogP contribution in [-0.2, 0) is 6.42 Å². The zero-order chi connectivity index (χ0) is 12.4. The average molecular weight is 233 g/mol. The van der Waals surface area contributed by atoms with Crippen molar-refractivity contribution in [3.63, 3.8) is 0 Å². The van der Waals surface area contributed by atoms with Crippen LogP contribution < -0.4 is 5.73 Å². The highest BCUT2D eigenvalue weighted by molar-refractivity contribution is 5.39. The highest BCUT2D eigenvalue weighted by Gasteiger charge is 2.07. The van der Waals surface area contributed by atoms with E-state index in [1.165, 1.54) is 12.1 Å². The van der Waals surface area contributed by atoms with Gasteiger partial charge in [0.25, 0.3) is 0 Å². The maximum atomic E-state index is 13.5. The van der Waals surface area contributed by atoms with E-state index in [4.69, 9.17) is 5.73 Å². The first-order valence-corrected chi connectivity index (χ1v) is 5.62. The van der Waals surface area contributed by atoms with E-state index in [-0.39, 0.29) is 5.82 Å². The molecule has 0 saturated heterocycles. The Morgan fingerprint density at radius 1 is 1.29 bits per heavy atom. The van der Waals surface area contributed by atoms with E-state index in [2.05, 4.69) is 4.98 Å². The third-order valence-electron chi connectivity index (χ3n) is 2.91. The van der Waals surface area contributed by atoms with E-state index in [1.54, 1.807) is 6.33 Å². The van der Waals surface area contributed by atoms with Gasteiger partial charge >= 0.3 is 0 Å². The number of nitrogens with zero attached hydrogens (tertiary/aromatic N) is 2. The monoisotopic (exact) mass is 233 g/mol. The molecule has 2 aromatic rings. The number of benzene rings is 1. The molecular weight excluding hydrogens is 217 g/mol. The molecular formula is C13H16FN3.